The predicted octanol–water partition coefficient (Wildman–Crippen LogP) is 3.96. The van der Waals surface area contributed by atoms with Crippen LogP contribution >= 0.6 is 0 Å². The van der Waals surface area contributed by atoms with Crippen molar-refractivity contribution in [2.75, 3.05) is 6.61 Å². The molecule has 1 fully saturated rings. The standard InChI is InChI=1S/C19H29NO4/c1-4-6-7-15-16(12-17(21)23-5-2)18(24-19(15)22)20-14-10-8-13(3)9-11-14/h13-14H,4-12H2,1-3H3. The highest BCUT2D eigenvalue weighted by Crippen LogP contribution is 2.30. The van der Waals surface area contributed by atoms with Gasteiger partial charge in [0.15, 0.2) is 0 Å². The summed E-state index contributed by atoms with van der Waals surface area (Å²) in [5.74, 6) is 0.427. The average Bonchev–Trinajstić information content (AvgIpc) is 2.83. The Morgan fingerprint density at radius 3 is 2.54 bits per heavy atom. The Morgan fingerprint density at radius 2 is 1.92 bits per heavy atom. The molecule has 0 bridgehead atoms. The van der Waals surface area contributed by atoms with Crippen LogP contribution in [0.15, 0.2) is 16.1 Å². The number of aliphatic imine (C=N–C) groups is 1. The van der Waals surface area contributed by atoms with Crippen LogP contribution in [0.4, 0.5) is 0 Å². The maximum atomic E-state index is 12.2. The quantitative estimate of drug-likeness (QED) is 0.661. The largest absolute Gasteiger partial charge is 0.466 e. The van der Waals surface area contributed by atoms with Gasteiger partial charge >= 0.3 is 11.9 Å². The molecule has 0 spiro atoms. The Balaban J connectivity index is 2.19. The van der Waals surface area contributed by atoms with Crippen LogP contribution in [0.1, 0.15) is 72.1 Å². The van der Waals surface area contributed by atoms with Crippen LogP contribution in [0.2, 0.25) is 0 Å². The Kier molecular flexibility index (Phi) is 7.00. The monoisotopic (exact) mass is 335 g/mol. The molecule has 24 heavy (non-hydrogen) atoms. The van der Waals surface area contributed by atoms with E-state index in [4.69, 9.17) is 9.47 Å². The fraction of sp³-hybridized carbons (Fsp3) is 0.737. The van der Waals surface area contributed by atoms with Crippen molar-refractivity contribution in [3.63, 3.8) is 0 Å². The molecule has 1 aliphatic carbocycles. The Morgan fingerprint density at radius 1 is 1.21 bits per heavy atom. The molecule has 5 nitrogen and oxygen atoms in total. The number of unbranched alkanes of at least 4 members (excludes halogenated alkanes) is 1. The number of esters is 2. The van der Waals surface area contributed by atoms with E-state index in [1.165, 1.54) is 0 Å². The highest BCUT2D eigenvalue weighted by molar-refractivity contribution is 6.16. The second kappa shape index (κ2) is 9.00. The van der Waals surface area contributed by atoms with Crippen LogP contribution in [0.5, 0.6) is 0 Å². The van der Waals surface area contributed by atoms with E-state index in [-0.39, 0.29) is 24.4 Å². The van der Waals surface area contributed by atoms with E-state index in [1.54, 1.807) is 6.92 Å². The third-order valence-electron chi connectivity index (χ3n) is 4.75. The topological polar surface area (TPSA) is 65.0 Å². The number of hydrogen-bond donors (Lipinski definition) is 0. The van der Waals surface area contributed by atoms with Crippen molar-refractivity contribution < 1.29 is 19.1 Å². The van der Waals surface area contributed by atoms with Gasteiger partial charge in [-0.15, -0.1) is 0 Å². The fourth-order valence-corrected chi connectivity index (χ4v) is 3.25. The molecule has 1 heterocycles. The first kappa shape index (κ1) is 18.7. The molecule has 0 amide bonds. The first-order chi connectivity index (χ1) is 11.5. The summed E-state index contributed by atoms with van der Waals surface area (Å²) in [4.78, 5) is 28.8. The molecule has 1 aliphatic heterocycles. The molecule has 0 atom stereocenters. The van der Waals surface area contributed by atoms with Gasteiger partial charge < -0.3 is 9.47 Å². The van der Waals surface area contributed by atoms with Crippen molar-refractivity contribution in [1.29, 1.82) is 0 Å². The molecule has 134 valence electrons. The average molecular weight is 335 g/mol. The summed E-state index contributed by atoms with van der Waals surface area (Å²) in [7, 11) is 0. The highest BCUT2D eigenvalue weighted by atomic mass is 16.6. The van der Waals surface area contributed by atoms with E-state index in [1.807, 2.05) is 0 Å². The molecular weight excluding hydrogens is 306 g/mol. The van der Waals surface area contributed by atoms with Gasteiger partial charge in [-0.2, -0.15) is 0 Å². The van der Waals surface area contributed by atoms with Crippen molar-refractivity contribution in [3.8, 4) is 0 Å². The van der Waals surface area contributed by atoms with Crippen LogP contribution in [-0.2, 0) is 19.1 Å². The molecule has 0 unspecified atom stereocenters. The van der Waals surface area contributed by atoms with E-state index in [2.05, 4.69) is 18.8 Å². The summed E-state index contributed by atoms with van der Waals surface area (Å²) in [5.41, 5.74) is 1.25. The molecule has 0 saturated heterocycles. The number of rotatable bonds is 7. The van der Waals surface area contributed by atoms with Crippen LogP contribution in [0, 0.1) is 5.92 Å². The van der Waals surface area contributed by atoms with Crippen LogP contribution in [-0.4, -0.2) is 30.5 Å². The number of hydrogen-bond acceptors (Lipinski definition) is 5. The Bertz CT molecular complexity index is 527. The molecule has 5 heteroatoms. The predicted molar refractivity (Wildman–Crippen MR) is 92.7 cm³/mol. The third kappa shape index (κ3) is 4.92. The van der Waals surface area contributed by atoms with E-state index in [9.17, 15) is 9.59 Å². The molecule has 0 N–H and O–H groups in total. The van der Waals surface area contributed by atoms with Gasteiger partial charge in [0.1, 0.15) is 0 Å². The molecule has 0 radical (unpaired) electrons. The third-order valence-corrected chi connectivity index (χ3v) is 4.75. The minimum absolute atomic E-state index is 0.0700. The van der Waals surface area contributed by atoms with Gasteiger partial charge in [0.25, 0.3) is 0 Å². The van der Waals surface area contributed by atoms with Crippen molar-refractivity contribution in [2.24, 2.45) is 10.9 Å². The van der Waals surface area contributed by atoms with Gasteiger partial charge in [0.2, 0.25) is 5.90 Å². The molecule has 2 rings (SSSR count). The van der Waals surface area contributed by atoms with Crippen LogP contribution in [0.3, 0.4) is 0 Å². The summed E-state index contributed by atoms with van der Waals surface area (Å²) >= 11 is 0. The zero-order valence-corrected chi connectivity index (χ0v) is 15.1. The molecule has 1 saturated carbocycles. The molecule has 0 aromatic rings. The maximum Gasteiger partial charge on any atom is 0.341 e. The van der Waals surface area contributed by atoms with Crippen molar-refractivity contribution in [3.05, 3.63) is 11.1 Å². The summed E-state index contributed by atoms with van der Waals surface area (Å²) in [6, 6.07) is 0.187. The summed E-state index contributed by atoms with van der Waals surface area (Å²) in [5, 5.41) is 0. The molecule has 2 aliphatic rings. The normalized spacial score (nSPS) is 26.0. The van der Waals surface area contributed by atoms with Gasteiger partial charge in [-0.05, 0) is 51.4 Å². The second-order valence-corrected chi connectivity index (χ2v) is 6.78. The van der Waals surface area contributed by atoms with Crippen molar-refractivity contribution in [2.45, 2.75) is 78.2 Å². The Labute approximate surface area is 144 Å². The van der Waals surface area contributed by atoms with Crippen LogP contribution < -0.4 is 0 Å². The number of carbonyl (C=O) groups is 2. The smallest absolute Gasteiger partial charge is 0.341 e. The Hall–Kier alpha value is -1.65. The zero-order valence-electron chi connectivity index (χ0n) is 15.1. The van der Waals surface area contributed by atoms with E-state index in [0.717, 1.165) is 44.4 Å². The number of carbonyl (C=O) groups excluding carboxylic acids is 2. The summed E-state index contributed by atoms with van der Waals surface area (Å²) < 4.78 is 10.5. The van der Waals surface area contributed by atoms with Gasteiger partial charge in [0.05, 0.1) is 19.1 Å². The molecular formula is C19H29NO4. The second-order valence-electron chi connectivity index (χ2n) is 6.78. The van der Waals surface area contributed by atoms with E-state index < -0.39 is 0 Å². The van der Waals surface area contributed by atoms with Crippen molar-refractivity contribution in [1.82, 2.24) is 0 Å². The van der Waals surface area contributed by atoms with E-state index in [0.29, 0.717) is 30.1 Å². The van der Waals surface area contributed by atoms with Gasteiger partial charge in [-0.25, -0.2) is 9.79 Å². The van der Waals surface area contributed by atoms with Crippen molar-refractivity contribution >= 4 is 17.8 Å². The summed E-state index contributed by atoms with van der Waals surface area (Å²) in [6.07, 6.45) is 6.90. The van der Waals surface area contributed by atoms with Gasteiger partial charge in [-0.1, -0.05) is 20.3 Å². The SMILES string of the molecule is CCCCC1=C(CC(=O)OCC)C(=NC2CCC(C)CC2)OC1=O. The zero-order chi connectivity index (χ0) is 17.5. The lowest BCUT2D eigenvalue weighted by Crippen LogP contribution is -2.19. The van der Waals surface area contributed by atoms with Gasteiger partial charge in [0, 0.05) is 11.1 Å². The van der Waals surface area contributed by atoms with E-state index >= 15 is 0 Å². The highest BCUT2D eigenvalue weighted by Gasteiger charge is 2.33. The van der Waals surface area contributed by atoms with Gasteiger partial charge in [-0.3, -0.25) is 4.79 Å². The first-order valence-electron chi connectivity index (χ1n) is 9.23. The number of cyclic esters (lactones) is 1. The molecule has 0 aromatic heterocycles. The lowest BCUT2D eigenvalue weighted by Gasteiger charge is -2.23. The maximum absolute atomic E-state index is 12.2. The van der Waals surface area contributed by atoms with Crippen LogP contribution in [0.25, 0.3) is 0 Å². The number of nitrogens with zero attached hydrogens (tertiary/aromatic N) is 1. The number of ether oxygens (including phenoxy) is 2. The summed E-state index contributed by atoms with van der Waals surface area (Å²) in [6.45, 7) is 6.44. The first-order valence-corrected chi connectivity index (χ1v) is 9.23. The lowest BCUT2D eigenvalue weighted by molar-refractivity contribution is -0.142. The minimum atomic E-state index is -0.342. The minimum Gasteiger partial charge on any atom is -0.466 e. The fourth-order valence-electron chi connectivity index (χ4n) is 3.25. The molecule has 0 aromatic carbocycles. The lowest BCUT2D eigenvalue weighted by atomic mass is 9.87.